The van der Waals surface area contributed by atoms with Crippen LogP contribution in [0.15, 0.2) is 18.5 Å². The highest BCUT2D eigenvalue weighted by Gasteiger charge is 2.12. The van der Waals surface area contributed by atoms with E-state index in [1.807, 2.05) is 6.92 Å². The van der Waals surface area contributed by atoms with Crippen molar-refractivity contribution < 1.29 is 4.39 Å². The number of rotatable bonds is 4. The molecule has 0 radical (unpaired) electrons. The lowest BCUT2D eigenvalue weighted by molar-refractivity contribution is 0.629. The van der Waals surface area contributed by atoms with E-state index in [9.17, 15) is 4.39 Å². The standard InChI is InChI=1S/C13H11Cl3FN3/c1-2-3-8-12(16)18-6-19-13(8)20-7-4-9(14)11(17)10(15)5-7/h4-6H,2-3H2,1H3,(H,18,19,20). The van der Waals surface area contributed by atoms with Crippen LogP contribution in [0.2, 0.25) is 15.2 Å². The van der Waals surface area contributed by atoms with Gasteiger partial charge in [-0.1, -0.05) is 48.1 Å². The normalized spacial score (nSPS) is 10.7. The zero-order valence-corrected chi connectivity index (χ0v) is 12.8. The SMILES string of the molecule is CCCc1c(Cl)ncnc1Nc1cc(Cl)c(F)c(Cl)c1. The molecule has 0 saturated heterocycles. The summed E-state index contributed by atoms with van der Waals surface area (Å²) in [5.41, 5.74) is 1.33. The number of anilines is 2. The van der Waals surface area contributed by atoms with Gasteiger partial charge in [-0.3, -0.25) is 0 Å². The van der Waals surface area contributed by atoms with Crippen LogP contribution in [0.1, 0.15) is 18.9 Å². The number of nitrogens with zero attached hydrogens (tertiary/aromatic N) is 2. The van der Waals surface area contributed by atoms with Crippen molar-refractivity contribution in [3.8, 4) is 0 Å². The first-order valence-corrected chi connectivity index (χ1v) is 7.07. The Kier molecular flexibility index (Phi) is 5.02. The molecule has 106 valence electrons. The van der Waals surface area contributed by atoms with Crippen LogP contribution in [0.25, 0.3) is 0 Å². The lowest BCUT2D eigenvalue weighted by Gasteiger charge is -2.12. The quantitative estimate of drug-likeness (QED) is 0.611. The smallest absolute Gasteiger partial charge is 0.160 e. The molecule has 0 aliphatic heterocycles. The molecule has 0 spiro atoms. The van der Waals surface area contributed by atoms with E-state index < -0.39 is 5.82 Å². The van der Waals surface area contributed by atoms with Gasteiger partial charge in [-0.05, 0) is 18.6 Å². The van der Waals surface area contributed by atoms with Gasteiger partial charge in [0, 0.05) is 11.3 Å². The molecule has 0 unspecified atom stereocenters. The molecule has 0 aliphatic rings. The number of halogens is 4. The van der Waals surface area contributed by atoms with E-state index in [0.29, 0.717) is 16.7 Å². The molecule has 3 nitrogen and oxygen atoms in total. The molecule has 0 saturated carbocycles. The highest BCUT2D eigenvalue weighted by Crippen LogP contribution is 2.30. The van der Waals surface area contributed by atoms with E-state index in [1.165, 1.54) is 18.5 Å². The van der Waals surface area contributed by atoms with Gasteiger partial charge < -0.3 is 5.32 Å². The van der Waals surface area contributed by atoms with Crippen molar-refractivity contribution in [1.29, 1.82) is 0 Å². The molecular weight excluding hydrogens is 324 g/mol. The van der Waals surface area contributed by atoms with Gasteiger partial charge in [0.15, 0.2) is 5.82 Å². The Bertz CT molecular complexity index is 611. The van der Waals surface area contributed by atoms with E-state index in [4.69, 9.17) is 34.8 Å². The van der Waals surface area contributed by atoms with E-state index >= 15 is 0 Å². The predicted octanol–water partition coefficient (Wildman–Crippen LogP) is 5.27. The molecule has 1 heterocycles. The highest BCUT2D eigenvalue weighted by atomic mass is 35.5. The Labute approximate surface area is 131 Å². The third kappa shape index (κ3) is 3.32. The third-order valence-electron chi connectivity index (χ3n) is 2.64. The maximum absolute atomic E-state index is 13.4. The van der Waals surface area contributed by atoms with Crippen molar-refractivity contribution in [3.63, 3.8) is 0 Å². The summed E-state index contributed by atoms with van der Waals surface area (Å²) in [5, 5.41) is 3.31. The number of hydrogen-bond donors (Lipinski definition) is 1. The molecule has 1 aromatic heterocycles. The van der Waals surface area contributed by atoms with Crippen molar-refractivity contribution in [3.05, 3.63) is 45.0 Å². The van der Waals surface area contributed by atoms with Crippen LogP contribution in [0.3, 0.4) is 0 Å². The lowest BCUT2D eigenvalue weighted by atomic mass is 10.2. The Hall–Kier alpha value is -1.10. The third-order valence-corrected chi connectivity index (χ3v) is 3.52. The van der Waals surface area contributed by atoms with Crippen molar-refractivity contribution >= 4 is 46.3 Å². The summed E-state index contributed by atoms with van der Waals surface area (Å²) in [6, 6.07) is 2.88. The molecule has 2 rings (SSSR count). The van der Waals surface area contributed by atoms with E-state index in [-0.39, 0.29) is 10.0 Å². The monoisotopic (exact) mass is 333 g/mol. The lowest BCUT2D eigenvalue weighted by Crippen LogP contribution is -2.01. The van der Waals surface area contributed by atoms with Gasteiger partial charge in [-0.15, -0.1) is 0 Å². The maximum Gasteiger partial charge on any atom is 0.160 e. The minimum absolute atomic E-state index is 0.0582. The largest absolute Gasteiger partial charge is 0.340 e. The summed E-state index contributed by atoms with van der Waals surface area (Å²) in [5.74, 6) is -0.0843. The van der Waals surface area contributed by atoms with Crippen LogP contribution < -0.4 is 5.32 Å². The summed E-state index contributed by atoms with van der Waals surface area (Å²) < 4.78 is 13.4. The van der Waals surface area contributed by atoms with Gasteiger partial charge in [0.05, 0.1) is 10.0 Å². The molecule has 2 aromatic rings. The van der Waals surface area contributed by atoms with Crippen LogP contribution in [-0.4, -0.2) is 9.97 Å². The van der Waals surface area contributed by atoms with Gasteiger partial charge in [0.25, 0.3) is 0 Å². The average molecular weight is 335 g/mol. The number of nitrogens with one attached hydrogen (secondary N) is 1. The van der Waals surface area contributed by atoms with Gasteiger partial charge in [-0.2, -0.15) is 0 Å². The fraction of sp³-hybridized carbons (Fsp3) is 0.231. The zero-order chi connectivity index (χ0) is 14.7. The zero-order valence-electron chi connectivity index (χ0n) is 10.6. The Morgan fingerprint density at radius 3 is 2.40 bits per heavy atom. The molecule has 20 heavy (non-hydrogen) atoms. The van der Waals surface area contributed by atoms with Crippen LogP contribution in [-0.2, 0) is 6.42 Å². The van der Waals surface area contributed by atoms with Crippen molar-refractivity contribution in [2.24, 2.45) is 0 Å². The van der Waals surface area contributed by atoms with Crippen molar-refractivity contribution in [1.82, 2.24) is 9.97 Å². The van der Waals surface area contributed by atoms with E-state index in [1.54, 1.807) is 0 Å². The highest BCUT2D eigenvalue weighted by molar-refractivity contribution is 6.35. The number of hydrogen-bond acceptors (Lipinski definition) is 3. The van der Waals surface area contributed by atoms with Crippen molar-refractivity contribution in [2.75, 3.05) is 5.32 Å². The van der Waals surface area contributed by atoms with Gasteiger partial charge in [0.2, 0.25) is 0 Å². The Morgan fingerprint density at radius 2 is 1.80 bits per heavy atom. The minimum atomic E-state index is -0.645. The second-order valence-corrected chi connectivity index (χ2v) is 5.29. The molecular formula is C13H11Cl3FN3. The predicted molar refractivity (Wildman–Crippen MR) is 80.7 cm³/mol. The van der Waals surface area contributed by atoms with Gasteiger partial charge in [0.1, 0.15) is 17.3 Å². The maximum atomic E-state index is 13.4. The Morgan fingerprint density at radius 1 is 1.15 bits per heavy atom. The summed E-state index contributed by atoms with van der Waals surface area (Å²) in [4.78, 5) is 8.10. The van der Waals surface area contributed by atoms with Gasteiger partial charge >= 0.3 is 0 Å². The average Bonchev–Trinajstić information content (AvgIpc) is 2.40. The van der Waals surface area contributed by atoms with Crippen LogP contribution in [0.4, 0.5) is 15.9 Å². The second-order valence-electron chi connectivity index (χ2n) is 4.12. The summed E-state index contributed by atoms with van der Waals surface area (Å²) >= 11 is 17.6. The molecule has 0 fully saturated rings. The number of benzene rings is 1. The van der Waals surface area contributed by atoms with Crippen LogP contribution in [0, 0.1) is 5.82 Å². The first-order chi connectivity index (χ1) is 9.52. The first kappa shape index (κ1) is 15.3. The van der Waals surface area contributed by atoms with E-state index in [2.05, 4.69) is 15.3 Å². The molecule has 7 heteroatoms. The Balaban J connectivity index is 2.37. The van der Waals surface area contributed by atoms with Crippen LogP contribution in [0.5, 0.6) is 0 Å². The molecule has 1 aromatic carbocycles. The first-order valence-electron chi connectivity index (χ1n) is 5.93. The fourth-order valence-corrected chi connectivity index (χ4v) is 2.45. The second kappa shape index (κ2) is 6.57. The molecule has 0 amide bonds. The number of aromatic nitrogens is 2. The summed E-state index contributed by atoms with van der Waals surface area (Å²) in [6.45, 7) is 2.03. The van der Waals surface area contributed by atoms with Crippen LogP contribution >= 0.6 is 34.8 Å². The van der Waals surface area contributed by atoms with Gasteiger partial charge in [-0.25, -0.2) is 14.4 Å². The fourth-order valence-electron chi connectivity index (χ4n) is 1.73. The summed E-state index contributed by atoms with van der Waals surface area (Å²) in [7, 11) is 0. The molecule has 0 atom stereocenters. The summed E-state index contributed by atoms with van der Waals surface area (Å²) in [6.07, 6.45) is 2.98. The van der Waals surface area contributed by atoms with Crippen molar-refractivity contribution in [2.45, 2.75) is 19.8 Å². The topological polar surface area (TPSA) is 37.8 Å². The molecule has 1 N–H and O–H groups in total. The minimum Gasteiger partial charge on any atom is -0.340 e. The molecule has 0 aliphatic carbocycles. The van der Waals surface area contributed by atoms with E-state index in [0.717, 1.165) is 18.4 Å². The molecule has 0 bridgehead atoms.